The van der Waals surface area contributed by atoms with E-state index < -0.39 is 10.0 Å². The Morgan fingerprint density at radius 2 is 2.11 bits per heavy atom. The maximum absolute atomic E-state index is 11.9. The van der Waals surface area contributed by atoms with Crippen LogP contribution in [0, 0.1) is 3.57 Å². The van der Waals surface area contributed by atoms with Gasteiger partial charge in [-0.2, -0.15) is 0 Å². The Morgan fingerprint density at radius 1 is 1.42 bits per heavy atom. The molecule has 0 radical (unpaired) electrons. The van der Waals surface area contributed by atoms with Gasteiger partial charge >= 0.3 is 0 Å². The van der Waals surface area contributed by atoms with Gasteiger partial charge in [0.2, 0.25) is 10.0 Å². The topological polar surface area (TPSA) is 75.3 Å². The lowest BCUT2D eigenvalue weighted by atomic mass is 10.2. The van der Waals surface area contributed by atoms with Gasteiger partial charge in [0.05, 0.1) is 11.3 Å². The molecule has 1 rings (SSSR count). The van der Waals surface area contributed by atoms with Crippen LogP contribution < -0.4 is 10.0 Å². The first-order valence-electron chi connectivity index (χ1n) is 5.56. The van der Waals surface area contributed by atoms with Crippen molar-refractivity contribution in [2.24, 2.45) is 0 Å². The molecule has 0 aliphatic rings. The van der Waals surface area contributed by atoms with Crippen molar-refractivity contribution in [1.29, 1.82) is 0 Å². The summed E-state index contributed by atoms with van der Waals surface area (Å²) in [5.74, 6) is -0.484. The van der Waals surface area contributed by atoms with Crippen molar-refractivity contribution < 1.29 is 13.2 Å². The number of hydrogen-bond acceptors (Lipinski definition) is 3. The second-order valence-electron chi connectivity index (χ2n) is 3.70. The van der Waals surface area contributed by atoms with Crippen LogP contribution >= 0.6 is 34.2 Å². The Hall–Kier alpha value is -0.380. The zero-order chi connectivity index (χ0) is 14.5. The fourth-order valence-corrected chi connectivity index (χ4v) is 3.07. The van der Waals surface area contributed by atoms with E-state index in [1.54, 1.807) is 25.1 Å². The lowest BCUT2D eigenvalue weighted by Crippen LogP contribution is -2.34. The van der Waals surface area contributed by atoms with Crippen LogP contribution in [0.3, 0.4) is 0 Å². The fourth-order valence-electron chi connectivity index (χ4n) is 1.36. The molecular formula is C11H14ClIN2O3S. The van der Waals surface area contributed by atoms with E-state index in [2.05, 4.69) is 10.0 Å². The van der Waals surface area contributed by atoms with E-state index >= 15 is 0 Å². The molecule has 0 aliphatic heterocycles. The highest BCUT2D eigenvalue weighted by Gasteiger charge is 2.12. The molecule has 0 aliphatic carbocycles. The Bertz CT molecular complexity index is 563. The Balaban J connectivity index is 2.59. The van der Waals surface area contributed by atoms with Crippen molar-refractivity contribution in [3.63, 3.8) is 0 Å². The summed E-state index contributed by atoms with van der Waals surface area (Å²) in [5.41, 5.74) is 0.439. The normalized spacial score (nSPS) is 11.3. The molecule has 106 valence electrons. The summed E-state index contributed by atoms with van der Waals surface area (Å²) in [6.45, 7) is 2.09. The van der Waals surface area contributed by atoms with Crippen molar-refractivity contribution in [2.45, 2.75) is 6.92 Å². The number of nitrogens with one attached hydrogen (secondary N) is 2. The van der Waals surface area contributed by atoms with Gasteiger partial charge in [0.25, 0.3) is 5.91 Å². The van der Waals surface area contributed by atoms with Crippen molar-refractivity contribution in [1.82, 2.24) is 10.0 Å². The summed E-state index contributed by atoms with van der Waals surface area (Å²) < 4.78 is 25.9. The van der Waals surface area contributed by atoms with E-state index in [4.69, 9.17) is 11.6 Å². The molecule has 1 aromatic rings. The minimum atomic E-state index is -3.32. The molecule has 1 aromatic carbocycles. The van der Waals surface area contributed by atoms with E-state index in [0.717, 1.165) is 3.57 Å². The molecule has 0 aromatic heterocycles. The quantitative estimate of drug-likeness (QED) is 0.692. The Labute approximate surface area is 131 Å². The van der Waals surface area contributed by atoms with E-state index in [-0.39, 0.29) is 18.2 Å². The molecule has 0 fully saturated rings. The molecule has 2 N–H and O–H groups in total. The third-order valence-corrected chi connectivity index (χ3v) is 4.84. The van der Waals surface area contributed by atoms with Gasteiger partial charge < -0.3 is 5.32 Å². The van der Waals surface area contributed by atoms with Crippen LogP contribution in [-0.4, -0.2) is 33.2 Å². The summed E-state index contributed by atoms with van der Waals surface area (Å²) in [6, 6.07) is 4.97. The van der Waals surface area contributed by atoms with Crippen molar-refractivity contribution in [2.75, 3.05) is 18.8 Å². The zero-order valence-corrected chi connectivity index (χ0v) is 14.0. The Kier molecular flexibility index (Phi) is 6.51. The smallest absolute Gasteiger partial charge is 0.252 e. The lowest BCUT2D eigenvalue weighted by Gasteiger charge is -2.08. The second-order valence-corrected chi connectivity index (χ2v) is 7.22. The fraction of sp³-hybridized carbons (Fsp3) is 0.364. The molecule has 8 heteroatoms. The van der Waals surface area contributed by atoms with Gasteiger partial charge in [0.1, 0.15) is 0 Å². The van der Waals surface area contributed by atoms with Crippen LogP contribution in [0.1, 0.15) is 17.3 Å². The van der Waals surface area contributed by atoms with Crippen LogP contribution in [0.25, 0.3) is 0 Å². The molecule has 0 bridgehead atoms. The standard InChI is InChI=1S/C11H14ClIN2O3S/c1-2-15-19(17,18)6-5-14-11(16)9-7-8(12)3-4-10(9)13/h3-4,7,15H,2,5-6H2,1H3,(H,14,16). The van der Waals surface area contributed by atoms with Gasteiger partial charge in [-0.05, 0) is 40.8 Å². The minimum Gasteiger partial charge on any atom is -0.351 e. The summed E-state index contributed by atoms with van der Waals surface area (Å²) in [6.07, 6.45) is 0. The highest BCUT2D eigenvalue weighted by atomic mass is 127. The monoisotopic (exact) mass is 416 g/mol. The molecule has 0 saturated heterocycles. The first-order chi connectivity index (χ1) is 8.85. The largest absolute Gasteiger partial charge is 0.351 e. The maximum Gasteiger partial charge on any atom is 0.252 e. The molecular weight excluding hydrogens is 403 g/mol. The van der Waals surface area contributed by atoms with Crippen LogP contribution in [0.5, 0.6) is 0 Å². The van der Waals surface area contributed by atoms with Crippen LogP contribution in [0.15, 0.2) is 18.2 Å². The molecule has 0 heterocycles. The number of rotatable bonds is 6. The van der Waals surface area contributed by atoms with Gasteiger partial charge in [0, 0.05) is 21.7 Å². The van der Waals surface area contributed by atoms with Crippen LogP contribution in [-0.2, 0) is 10.0 Å². The first kappa shape index (κ1) is 16.7. The molecule has 1 amide bonds. The lowest BCUT2D eigenvalue weighted by molar-refractivity contribution is 0.0955. The van der Waals surface area contributed by atoms with Gasteiger partial charge in [-0.1, -0.05) is 18.5 Å². The first-order valence-corrected chi connectivity index (χ1v) is 8.67. The average molecular weight is 417 g/mol. The number of amides is 1. The minimum absolute atomic E-state index is 0.0523. The van der Waals surface area contributed by atoms with Crippen molar-refractivity contribution >= 4 is 50.1 Å². The third-order valence-electron chi connectivity index (χ3n) is 2.19. The number of hydrogen-bond donors (Lipinski definition) is 2. The number of halogens is 2. The molecule has 0 atom stereocenters. The van der Waals surface area contributed by atoms with Crippen LogP contribution in [0.2, 0.25) is 5.02 Å². The van der Waals surface area contributed by atoms with Gasteiger partial charge in [-0.3, -0.25) is 4.79 Å². The van der Waals surface area contributed by atoms with Crippen molar-refractivity contribution in [3.05, 3.63) is 32.4 Å². The number of sulfonamides is 1. The molecule has 19 heavy (non-hydrogen) atoms. The van der Waals surface area contributed by atoms with E-state index in [9.17, 15) is 13.2 Å². The number of benzene rings is 1. The van der Waals surface area contributed by atoms with Gasteiger partial charge in [-0.15, -0.1) is 0 Å². The zero-order valence-electron chi connectivity index (χ0n) is 10.2. The summed E-state index contributed by atoms with van der Waals surface area (Å²) in [7, 11) is -3.32. The predicted molar refractivity (Wildman–Crippen MR) is 84.0 cm³/mol. The molecule has 0 saturated carbocycles. The van der Waals surface area contributed by atoms with Gasteiger partial charge in [-0.25, -0.2) is 13.1 Å². The number of carbonyl (C=O) groups is 1. The molecule has 0 unspecified atom stereocenters. The highest BCUT2D eigenvalue weighted by molar-refractivity contribution is 14.1. The predicted octanol–water partition coefficient (Wildman–Crippen LogP) is 1.61. The van der Waals surface area contributed by atoms with Crippen LogP contribution in [0.4, 0.5) is 0 Å². The molecule has 5 nitrogen and oxygen atoms in total. The SMILES string of the molecule is CCNS(=O)(=O)CCNC(=O)c1cc(Cl)ccc1I. The molecule has 0 spiro atoms. The second kappa shape index (κ2) is 7.41. The maximum atomic E-state index is 11.9. The average Bonchev–Trinajstić information content (AvgIpc) is 2.31. The van der Waals surface area contributed by atoms with Crippen molar-refractivity contribution in [3.8, 4) is 0 Å². The summed E-state index contributed by atoms with van der Waals surface area (Å²) in [4.78, 5) is 11.9. The van der Waals surface area contributed by atoms with E-state index in [1.165, 1.54) is 0 Å². The summed E-state index contributed by atoms with van der Waals surface area (Å²) in [5, 5.41) is 3.02. The number of carbonyl (C=O) groups excluding carboxylic acids is 1. The third kappa shape index (κ3) is 5.64. The summed E-state index contributed by atoms with van der Waals surface area (Å²) >= 11 is 7.84. The Morgan fingerprint density at radius 3 is 2.74 bits per heavy atom. The van der Waals surface area contributed by atoms with E-state index in [1.807, 2.05) is 22.6 Å². The highest BCUT2D eigenvalue weighted by Crippen LogP contribution is 2.17. The van der Waals surface area contributed by atoms with E-state index in [0.29, 0.717) is 17.1 Å². The van der Waals surface area contributed by atoms with Gasteiger partial charge in [0.15, 0.2) is 0 Å².